The number of hydrogen-bond acceptors (Lipinski definition) is 0. The maximum Gasteiger partial charge on any atom is 0.0400 e. The van der Waals surface area contributed by atoms with E-state index in [4.69, 9.17) is 0 Å². The lowest BCUT2D eigenvalue weighted by Gasteiger charge is -2.39. The largest absolute Gasteiger partial charge is 0.0829 e. The smallest absolute Gasteiger partial charge is 0.0400 e. The van der Waals surface area contributed by atoms with Crippen molar-refractivity contribution in [3.63, 3.8) is 0 Å². The lowest BCUT2D eigenvalue weighted by atomic mass is 9.64. The molecule has 140 valence electrons. The molecule has 1 atom stereocenters. The van der Waals surface area contributed by atoms with Crippen molar-refractivity contribution < 1.29 is 0 Å². The molecule has 0 saturated carbocycles. The Morgan fingerprint density at radius 3 is 1.90 bits per heavy atom. The normalized spacial score (nSPS) is 20.9. The SMILES string of the molecule is Cc1c2c3c(c4ccccc14)-c1c4c(c(C)c5ccccc15)CCCC34C=CC2. The van der Waals surface area contributed by atoms with Crippen molar-refractivity contribution in [2.75, 3.05) is 0 Å². The standard InChI is InChI=1S/C29H24/c1-17-19-9-3-5-11-23(19)25-26-24-12-6-4-10-20(24)18(2)22-14-8-16-29(28(22)26)15-7-13-21(17)27(25)29/h3-7,9-12,15H,8,13-14,16H2,1-2H3. The number of hydrogen-bond donors (Lipinski definition) is 0. The Labute approximate surface area is 171 Å². The van der Waals surface area contributed by atoms with E-state index in [1.165, 1.54) is 51.9 Å². The summed E-state index contributed by atoms with van der Waals surface area (Å²) in [5, 5.41) is 5.77. The highest BCUT2D eigenvalue weighted by atomic mass is 14.5. The van der Waals surface area contributed by atoms with Gasteiger partial charge in [-0.1, -0.05) is 60.7 Å². The summed E-state index contributed by atoms with van der Waals surface area (Å²) >= 11 is 0. The second kappa shape index (κ2) is 5.19. The van der Waals surface area contributed by atoms with Gasteiger partial charge in [-0.05, 0) is 106 Å². The number of allylic oxidation sites excluding steroid dienone is 2. The fourth-order valence-corrected chi connectivity index (χ4v) is 6.95. The van der Waals surface area contributed by atoms with E-state index in [0.29, 0.717) is 0 Å². The molecule has 0 heteroatoms. The van der Waals surface area contributed by atoms with Crippen LogP contribution in [-0.4, -0.2) is 0 Å². The van der Waals surface area contributed by atoms with Gasteiger partial charge in [-0.25, -0.2) is 0 Å². The maximum atomic E-state index is 2.58. The molecule has 0 N–H and O–H groups in total. The lowest BCUT2D eigenvalue weighted by Crippen LogP contribution is -2.31. The molecule has 7 rings (SSSR count). The van der Waals surface area contributed by atoms with Gasteiger partial charge in [0.1, 0.15) is 0 Å². The lowest BCUT2D eigenvalue weighted by molar-refractivity contribution is 0.515. The van der Waals surface area contributed by atoms with E-state index >= 15 is 0 Å². The minimum atomic E-state index is 0.0927. The third kappa shape index (κ3) is 1.69. The van der Waals surface area contributed by atoms with Crippen LogP contribution in [0.25, 0.3) is 32.7 Å². The van der Waals surface area contributed by atoms with Gasteiger partial charge in [0.05, 0.1) is 0 Å². The van der Waals surface area contributed by atoms with Gasteiger partial charge in [0.15, 0.2) is 0 Å². The average molecular weight is 373 g/mol. The summed E-state index contributed by atoms with van der Waals surface area (Å²) in [6.07, 6.45) is 9.86. The minimum absolute atomic E-state index is 0.0927. The third-order valence-electron chi connectivity index (χ3n) is 8.07. The van der Waals surface area contributed by atoms with Crippen LogP contribution in [0.2, 0.25) is 0 Å². The Morgan fingerprint density at radius 2 is 1.24 bits per heavy atom. The molecular formula is C29H24. The van der Waals surface area contributed by atoms with Gasteiger partial charge in [0.25, 0.3) is 0 Å². The summed E-state index contributed by atoms with van der Waals surface area (Å²) in [6.45, 7) is 4.71. The first-order valence-corrected chi connectivity index (χ1v) is 11.0. The highest BCUT2D eigenvalue weighted by molar-refractivity contribution is 6.14. The monoisotopic (exact) mass is 372 g/mol. The minimum Gasteiger partial charge on any atom is -0.0829 e. The van der Waals surface area contributed by atoms with Gasteiger partial charge >= 0.3 is 0 Å². The zero-order valence-electron chi connectivity index (χ0n) is 17.1. The first kappa shape index (κ1) is 16.0. The summed E-state index contributed by atoms with van der Waals surface area (Å²) in [5.41, 5.74) is 12.7. The summed E-state index contributed by atoms with van der Waals surface area (Å²) in [4.78, 5) is 0. The van der Waals surface area contributed by atoms with Crippen molar-refractivity contribution in [2.45, 2.75) is 44.9 Å². The number of aryl methyl sites for hydroxylation is 2. The molecule has 0 fully saturated rings. The van der Waals surface area contributed by atoms with E-state index in [9.17, 15) is 0 Å². The molecule has 3 aliphatic rings. The van der Waals surface area contributed by atoms with Crippen molar-refractivity contribution in [2.24, 2.45) is 0 Å². The molecule has 0 bridgehead atoms. The van der Waals surface area contributed by atoms with E-state index < -0.39 is 0 Å². The Balaban J connectivity index is 1.83. The number of benzene rings is 4. The molecule has 4 aromatic rings. The van der Waals surface area contributed by atoms with Crippen molar-refractivity contribution >= 4 is 21.5 Å². The molecule has 0 amide bonds. The van der Waals surface area contributed by atoms with Crippen LogP contribution in [-0.2, 0) is 18.3 Å². The van der Waals surface area contributed by atoms with E-state index in [-0.39, 0.29) is 5.41 Å². The Hall–Kier alpha value is -2.86. The van der Waals surface area contributed by atoms with Crippen molar-refractivity contribution in [1.29, 1.82) is 0 Å². The fraction of sp³-hybridized carbons (Fsp3) is 0.241. The number of fused-ring (bicyclic) bond motifs is 5. The third-order valence-corrected chi connectivity index (χ3v) is 8.07. The van der Waals surface area contributed by atoms with Gasteiger partial charge in [-0.2, -0.15) is 0 Å². The van der Waals surface area contributed by atoms with Gasteiger partial charge in [-0.3, -0.25) is 0 Å². The molecule has 29 heavy (non-hydrogen) atoms. The molecule has 1 spiro atoms. The van der Waals surface area contributed by atoms with Gasteiger partial charge in [-0.15, -0.1) is 0 Å². The van der Waals surface area contributed by atoms with Crippen LogP contribution in [0.4, 0.5) is 0 Å². The molecule has 0 saturated heterocycles. The second-order valence-corrected chi connectivity index (χ2v) is 9.23. The van der Waals surface area contributed by atoms with Gasteiger partial charge < -0.3 is 0 Å². The van der Waals surface area contributed by atoms with Crippen LogP contribution in [0.3, 0.4) is 0 Å². The predicted molar refractivity (Wildman–Crippen MR) is 123 cm³/mol. The summed E-state index contributed by atoms with van der Waals surface area (Å²) < 4.78 is 0. The molecule has 1 unspecified atom stereocenters. The van der Waals surface area contributed by atoms with Gasteiger partial charge in [0, 0.05) is 5.41 Å². The fourth-order valence-electron chi connectivity index (χ4n) is 6.95. The maximum absolute atomic E-state index is 2.58. The molecule has 0 radical (unpaired) electrons. The zero-order chi connectivity index (χ0) is 19.3. The highest BCUT2D eigenvalue weighted by Gasteiger charge is 2.49. The van der Waals surface area contributed by atoms with Crippen LogP contribution in [0.5, 0.6) is 0 Å². The summed E-state index contributed by atoms with van der Waals surface area (Å²) in [6, 6.07) is 18.2. The molecule has 4 aromatic carbocycles. The molecule has 0 aliphatic heterocycles. The predicted octanol–water partition coefficient (Wildman–Crippen LogP) is 7.32. The molecular weight excluding hydrogens is 348 g/mol. The topological polar surface area (TPSA) is 0 Å². The second-order valence-electron chi connectivity index (χ2n) is 9.23. The van der Waals surface area contributed by atoms with E-state index in [0.717, 1.165) is 6.42 Å². The Bertz CT molecular complexity index is 1420. The van der Waals surface area contributed by atoms with Crippen LogP contribution >= 0.6 is 0 Å². The Kier molecular flexibility index (Phi) is 2.86. The summed E-state index contributed by atoms with van der Waals surface area (Å²) in [5.74, 6) is 0. The van der Waals surface area contributed by atoms with E-state index in [1.807, 2.05) is 0 Å². The Morgan fingerprint density at radius 1 is 0.690 bits per heavy atom. The van der Waals surface area contributed by atoms with Crippen LogP contribution in [0.1, 0.15) is 46.2 Å². The van der Waals surface area contributed by atoms with Gasteiger partial charge in [0.2, 0.25) is 0 Å². The number of rotatable bonds is 0. The quantitative estimate of drug-likeness (QED) is 0.284. The van der Waals surface area contributed by atoms with Crippen molar-refractivity contribution in [3.8, 4) is 11.1 Å². The van der Waals surface area contributed by atoms with Crippen LogP contribution < -0.4 is 0 Å². The van der Waals surface area contributed by atoms with Crippen LogP contribution in [0.15, 0.2) is 60.7 Å². The average Bonchev–Trinajstić information content (AvgIpc) is 3.08. The molecule has 3 aliphatic carbocycles. The van der Waals surface area contributed by atoms with E-state index in [1.54, 1.807) is 33.4 Å². The summed E-state index contributed by atoms with van der Waals surface area (Å²) in [7, 11) is 0. The van der Waals surface area contributed by atoms with Crippen molar-refractivity contribution in [3.05, 3.63) is 94.1 Å². The van der Waals surface area contributed by atoms with Crippen molar-refractivity contribution in [1.82, 2.24) is 0 Å². The first-order chi connectivity index (χ1) is 14.2. The van der Waals surface area contributed by atoms with E-state index in [2.05, 4.69) is 74.5 Å². The highest BCUT2D eigenvalue weighted by Crippen LogP contribution is 2.62. The molecule has 0 aromatic heterocycles. The molecule has 0 heterocycles. The molecule has 0 nitrogen and oxygen atoms in total. The first-order valence-electron chi connectivity index (χ1n) is 11.0. The zero-order valence-corrected chi connectivity index (χ0v) is 17.1. The van der Waals surface area contributed by atoms with Crippen LogP contribution in [0, 0.1) is 13.8 Å².